The van der Waals surface area contributed by atoms with Crippen LogP contribution in [0.25, 0.3) is 0 Å². The van der Waals surface area contributed by atoms with E-state index >= 15 is 0 Å². The highest BCUT2D eigenvalue weighted by atomic mass is 79.9. The van der Waals surface area contributed by atoms with Crippen LogP contribution in [-0.4, -0.2) is 30.3 Å². The van der Waals surface area contributed by atoms with Crippen LogP contribution in [0.3, 0.4) is 0 Å². The van der Waals surface area contributed by atoms with E-state index in [1.807, 2.05) is 0 Å². The molecule has 0 bridgehead atoms. The molecule has 0 spiro atoms. The summed E-state index contributed by atoms with van der Waals surface area (Å²) in [5.41, 5.74) is 0. The lowest BCUT2D eigenvalue weighted by molar-refractivity contribution is -0.543. The van der Waals surface area contributed by atoms with Crippen molar-refractivity contribution in [2.24, 2.45) is 0 Å². The van der Waals surface area contributed by atoms with Gasteiger partial charge >= 0.3 is 12.1 Å². The van der Waals surface area contributed by atoms with Crippen molar-refractivity contribution in [3.63, 3.8) is 0 Å². The number of hydrogen-bond donors (Lipinski definition) is 0. The Kier molecular flexibility index (Phi) is 2.27. The van der Waals surface area contributed by atoms with Crippen LogP contribution >= 0.6 is 15.9 Å². The average Bonchev–Trinajstić information content (AvgIpc) is 1.89. The van der Waals surface area contributed by atoms with Gasteiger partial charge in [-0.25, -0.2) is 0 Å². The molecule has 0 aromatic heterocycles. The summed E-state index contributed by atoms with van der Waals surface area (Å²) >= 11 is 2.89. The maximum atomic E-state index is 10.3. The van der Waals surface area contributed by atoms with Gasteiger partial charge in [0.05, 0.1) is 0 Å². The molecule has 1 heterocycles. The monoisotopic (exact) mass is 208 g/mol. The molecule has 0 aromatic rings. The van der Waals surface area contributed by atoms with Crippen LogP contribution in [0.4, 0.5) is 0 Å². The zero-order chi connectivity index (χ0) is 7.61. The molecular weight excluding hydrogens is 205 g/mol. The molecule has 1 radical (unpaired) electrons. The van der Waals surface area contributed by atoms with Crippen LogP contribution in [0.2, 0.25) is 0 Å². The van der Waals surface area contributed by atoms with E-state index in [1.165, 1.54) is 0 Å². The number of hydrogen-bond acceptors (Lipinski definition) is 4. The second kappa shape index (κ2) is 2.85. The van der Waals surface area contributed by atoms with Gasteiger partial charge in [0, 0.05) is 20.9 Å². The Morgan fingerprint density at radius 3 is 2.40 bits per heavy atom. The summed E-state index contributed by atoms with van der Waals surface area (Å²) in [5, 5.41) is 10.3. The van der Waals surface area contributed by atoms with Crippen LogP contribution < -0.4 is 0 Å². The number of halogens is 1. The van der Waals surface area contributed by atoms with Crippen LogP contribution in [-0.2, 0) is 9.31 Å². The van der Waals surface area contributed by atoms with Crippen molar-refractivity contribution in [2.75, 3.05) is 13.2 Å². The van der Waals surface area contributed by atoms with Crippen LogP contribution in [0, 0.1) is 10.1 Å². The van der Waals surface area contributed by atoms with Crippen molar-refractivity contribution in [2.45, 2.75) is 4.45 Å². The van der Waals surface area contributed by atoms with Crippen molar-refractivity contribution in [3.05, 3.63) is 10.1 Å². The summed E-state index contributed by atoms with van der Waals surface area (Å²) in [6, 6.07) is 0. The first-order valence-electron chi connectivity index (χ1n) is 2.53. The van der Waals surface area contributed by atoms with Gasteiger partial charge in [-0.3, -0.25) is 10.1 Å². The van der Waals surface area contributed by atoms with Crippen molar-refractivity contribution in [1.82, 2.24) is 0 Å². The van der Waals surface area contributed by atoms with Crippen molar-refractivity contribution in [1.29, 1.82) is 0 Å². The minimum atomic E-state index is -1.26. The molecule has 55 valence electrons. The maximum absolute atomic E-state index is 10.3. The summed E-state index contributed by atoms with van der Waals surface area (Å²) in [6.07, 6.45) is 0. The minimum Gasteiger partial charge on any atom is -0.405 e. The van der Waals surface area contributed by atoms with Gasteiger partial charge in [0.25, 0.3) is 0 Å². The van der Waals surface area contributed by atoms with Gasteiger partial charge in [-0.2, -0.15) is 0 Å². The van der Waals surface area contributed by atoms with Crippen LogP contribution in [0.1, 0.15) is 0 Å². The zero-order valence-electron chi connectivity index (χ0n) is 4.95. The summed E-state index contributed by atoms with van der Waals surface area (Å²) in [5.74, 6) is 0. The van der Waals surface area contributed by atoms with Gasteiger partial charge in [0.1, 0.15) is 13.2 Å². The quantitative estimate of drug-likeness (QED) is 0.199. The van der Waals surface area contributed by atoms with Gasteiger partial charge < -0.3 is 9.31 Å². The molecule has 1 aliphatic heterocycles. The molecule has 5 nitrogen and oxygen atoms in total. The first kappa shape index (κ1) is 7.97. The molecule has 1 fully saturated rings. The Morgan fingerprint density at radius 1 is 1.60 bits per heavy atom. The summed E-state index contributed by atoms with van der Waals surface area (Å²) < 4.78 is 7.96. The summed E-state index contributed by atoms with van der Waals surface area (Å²) in [4.78, 5) is 9.79. The highest BCUT2D eigenvalue weighted by Crippen LogP contribution is 2.21. The maximum Gasteiger partial charge on any atom is 0.488 e. The molecule has 0 unspecified atom stereocenters. The molecule has 1 saturated heterocycles. The van der Waals surface area contributed by atoms with E-state index in [2.05, 4.69) is 25.2 Å². The van der Waals surface area contributed by atoms with Crippen LogP contribution in [0.5, 0.6) is 0 Å². The van der Waals surface area contributed by atoms with E-state index in [-0.39, 0.29) is 13.2 Å². The Labute approximate surface area is 66.3 Å². The standard InChI is InChI=1S/C3H4BBrNO4/c5-3(6(7)8)1-9-4-10-2-3/h1-2H2. The lowest BCUT2D eigenvalue weighted by Crippen LogP contribution is -2.46. The number of nitrogens with zero attached hydrogens (tertiary/aromatic N) is 1. The predicted molar refractivity (Wildman–Crippen MR) is 36.3 cm³/mol. The summed E-state index contributed by atoms with van der Waals surface area (Å²) in [7, 11) is 1.10. The third kappa shape index (κ3) is 1.47. The highest BCUT2D eigenvalue weighted by Gasteiger charge is 2.43. The third-order valence-corrected chi connectivity index (χ3v) is 1.82. The molecule has 7 heteroatoms. The number of rotatable bonds is 1. The lowest BCUT2D eigenvalue weighted by atomic mass is 10.2. The number of alkyl halides is 1. The van der Waals surface area contributed by atoms with Gasteiger partial charge in [-0.05, 0) is 0 Å². The second-order valence-electron chi connectivity index (χ2n) is 1.89. The molecule has 1 rings (SSSR count). The lowest BCUT2D eigenvalue weighted by Gasteiger charge is -2.22. The largest absolute Gasteiger partial charge is 0.488 e. The number of nitro groups is 1. The second-order valence-corrected chi connectivity index (χ2v) is 3.37. The molecule has 10 heavy (non-hydrogen) atoms. The molecule has 1 aliphatic rings. The predicted octanol–water partition coefficient (Wildman–Crippen LogP) is -0.0647. The first-order valence-corrected chi connectivity index (χ1v) is 3.33. The fourth-order valence-corrected chi connectivity index (χ4v) is 0.783. The van der Waals surface area contributed by atoms with E-state index < -0.39 is 9.37 Å². The third-order valence-electron chi connectivity index (χ3n) is 1.07. The molecular formula is C3H4BBrNO4. The Hall–Kier alpha value is -0.135. The topological polar surface area (TPSA) is 61.6 Å². The van der Waals surface area contributed by atoms with E-state index in [9.17, 15) is 10.1 Å². The Morgan fingerprint density at radius 2 is 2.10 bits per heavy atom. The molecule has 0 aromatic carbocycles. The SMILES string of the molecule is O=[N+]([O-])C1(Br)CO[B]OC1. The van der Waals surface area contributed by atoms with Crippen molar-refractivity contribution in [3.8, 4) is 0 Å². The van der Waals surface area contributed by atoms with E-state index in [0.717, 1.165) is 7.69 Å². The molecule has 0 amide bonds. The molecule has 0 N–H and O–H groups in total. The highest BCUT2D eigenvalue weighted by molar-refractivity contribution is 9.10. The van der Waals surface area contributed by atoms with E-state index in [4.69, 9.17) is 0 Å². The molecule has 0 saturated carbocycles. The van der Waals surface area contributed by atoms with Gasteiger partial charge in [0.15, 0.2) is 0 Å². The van der Waals surface area contributed by atoms with E-state index in [1.54, 1.807) is 0 Å². The molecule has 0 atom stereocenters. The fourth-order valence-electron chi connectivity index (χ4n) is 0.519. The normalized spacial score (nSPS) is 23.3. The van der Waals surface area contributed by atoms with Crippen molar-refractivity contribution < 1.29 is 14.2 Å². The molecule has 0 aliphatic carbocycles. The van der Waals surface area contributed by atoms with Gasteiger partial charge in [-0.15, -0.1) is 0 Å². The Balaban J connectivity index is 2.56. The van der Waals surface area contributed by atoms with Gasteiger partial charge in [0.2, 0.25) is 0 Å². The van der Waals surface area contributed by atoms with Crippen molar-refractivity contribution >= 4 is 23.6 Å². The van der Waals surface area contributed by atoms with E-state index in [0.29, 0.717) is 0 Å². The smallest absolute Gasteiger partial charge is 0.405 e. The zero-order valence-corrected chi connectivity index (χ0v) is 6.54. The minimum absolute atomic E-state index is 0. The average molecular weight is 209 g/mol. The fraction of sp³-hybridized carbons (Fsp3) is 1.00. The van der Waals surface area contributed by atoms with Crippen LogP contribution in [0.15, 0.2) is 0 Å². The Bertz CT molecular complexity index is 147. The first-order chi connectivity index (χ1) is 4.65. The summed E-state index contributed by atoms with van der Waals surface area (Å²) in [6.45, 7) is 0. The van der Waals surface area contributed by atoms with Gasteiger partial charge in [-0.1, -0.05) is 0 Å².